The molecule has 6 heteroatoms. The Hall–Kier alpha value is -1.95. The van der Waals surface area contributed by atoms with Crippen LogP contribution >= 0.6 is 0 Å². The molecule has 94 valence electrons. The first kappa shape index (κ1) is 13.1. The second kappa shape index (κ2) is 5.40. The number of aromatic hydroxyl groups is 1. The van der Waals surface area contributed by atoms with Crippen LogP contribution < -0.4 is 9.47 Å². The quantitative estimate of drug-likeness (QED) is 0.710. The van der Waals surface area contributed by atoms with Gasteiger partial charge < -0.3 is 24.8 Å². The van der Waals surface area contributed by atoms with Gasteiger partial charge in [0, 0.05) is 0 Å². The molecular formula is C11H14O6. The van der Waals surface area contributed by atoms with Crippen molar-refractivity contribution >= 4 is 5.97 Å². The molecule has 1 rings (SSSR count). The number of carboxylic acids is 1. The lowest BCUT2D eigenvalue weighted by Gasteiger charge is -2.14. The van der Waals surface area contributed by atoms with Crippen molar-refractivity contribution in [1.29, 1.82) is 0 Å². The minimum absolute atomic E-state index is 0.115. The van der Waals surface area contributed by atoms with Crippen LogP contribution in [-0.2, 0) is 4.79 Å². The molecule has 0 bridgehead atoms. The van der Waals surface area contributed by atoms with Gasteiger partial charge in [-0.2, -0.15) is 0 Å². The molecule has 3 N–H and O–H groups in total. The van der Waals surface area contributed by atoms with Crippen LogP contribution in [0.15, 0.2) is 12.1 Å². The molecular weight excluding hydrogens is 228 g/mol. The standard InChI is InChI=1S/C11H14O6/c1-16-8-3-6(7(12)5-10(13)14)4-9(17-2)11(8)15/h3-4,7,12,15H,5H2,1-2H3,(H,13,14). The minimum atomic E-state index is -1.18. The minimum Gasteiger partial charge on any atom is -0.502 e. The van der Waals surface area contributed by atoms with Gasteiger partial charge in [-0.3, -0.25) is 4.79 Å². The first-order valence-electron chi connectivity index (χ1n) is 4.84. The van der Waals surface area contributed by atoms with Crippen molar-refractivity contribution in [2.75, 3.05) is 14.2 Å². The van der Waals surface area contributed by atoms with Gasteiger partial charge in [-0.25, -0.2) is 0 Å². The maximum absolute atomic E-state index is 10.5. The molecule has 0 aliphatic heterocycles. The number of carbonyl (C=O) groups is 1. The summed E-state index contributed by atoms with van der Waals surface area (Å²) in [6.45, 7) is 0. The zero-order chi connectivity index (χ0) is 13.0. The van der Waals surface area contributed by atoms with Crippen LogP contribution in [0, 0.1) is 0 Å². The molecule has 1 aromatic rings. The molecule has 0 fully saturated rings. The van der Waals surface area contributed by atoms with Crippen molar-refractivity contribution in [3.8, 4) is 17.2 Å². The molecule has 1 atom stereocenters. The zero-order valence-corrected chi connectivity index (χ0v) is 9.51. The number of aliphatic carboxylic acids is 1. The Morgan fingerprint density at radius 2 is 1.76 bits per heavy atom. The van der Waals surface area contributed by atoms with Gasteiger partial charge in [-0.05, 0) is 17.7 Å². The van der Waals surface area contributed by atoms with Crippen LogP contribution in [-0.4, -0.2) is 35.5 Å². The van der Waals surface area contributed by atoms with Gasteiger partial charge in [0.2, 0.25) is 5.75 Å². The molecule has 0 amide bonds. The van der Waals surface area contributed by atoms with Gasteiger partial charge in [0.1, 0.15) is 0 Å². The number of rotatable bonds is 5. The SMILES string of the molecule is COc1cc(C(O)CC(=O)O)cc(OC)c1O. The number of phenols is 1. The molecule has 1 unspecified atom stereocenters. The summed E-state index contributed by atoms with van der Waals surface area (Å²) in [5.41, 5.74) is 0.305. The molecule has 17 heavy (non-hydrogen) atoms. The van der Waals surface area contributed by atoms with E-state index in [-0.39, 0.29) is 17.2 Å². The topological polar surface area (TPSA) is 96.2 Å². The number of hydrogen-bond acceptors (Lipinski definition) is 5. The highest BCUT2D eigenvalue weighted by molar-refractivity contribution is 5.68. The number of carboxylic acid groups (broad SMARTS) is 1. The van der Waals surface area contributed by atoms with Gasteiger partial charge in [0.15, 0.2) is 11.5 Å². The Bertz CT molecular complexity index is 389. The van der Waals surface area contributed by atoms with Crippen molar-refractivity contribution < 1.29 is 29.6 Å². The maximum atomic E-state index is 10.5. The van der Waals surface area contributed by atoms with Crippen LogP contribution in [0.1, 0.15) is 18.1 Å². The number of aliphatic hydroxyl groups excluding tert-OH is 1. The number of ether oxygens (including phenoxy) is 2. The summed E-state index contributed by atoms with van der Waals surface area (Å²) in [5.74, 6) is -1.09. The lowest BCUT2D eigenvalue weighted by molar-refractivity contribution is -0.139. The van der Waals surface area contributed by atoms with Gasteiger partial charge in [0.25, 0.3) is 0 Å². The summed E-state index contributed by atoms with van der Waals surface area (Å²) in [6.07, 6.45) is -1.62. The summed E-state index contributed by atoms with van der Waals surface area (Å²) >= 11 is 0. The Kier molecular flexibility index (Phi) is 4.17. The molecule has 0 saturated carbocycles. The first-order valence-corrected chi connectivity index (χ1v) is 4.84. The Balaban J connectivity index is 3.12. The smallest absolute Gasteiger partial charge is 0.306 e. The predicted octanol–water partition coefficient (Wildman–Crippen LogP) is 0.917. The summed E-state index contributed by atoms with van der Waals surface area (Å²) in [7, 11) is 2.70. The largest absolute Gasteiger partial charge is 0.502 e. The van der Waals surface area contributed by atoms with E-state index in [2.05, 4.69) is 0 Å². The van der Waals surface area contributed by atoms with Gasteiger partial charge in [0.05, 0.1) is 26.7 Å². The molecule has 0 aromatic heterocycles. The summed E-state index contributed by atoms with van der Waals surface area (Å²) in [6, 6.07) is 2.73. The normalized spacial score (nSPS) is 11.9. The monoisotopic (exact) mass is 242 g/mol. The number of methoxy groups -OCH3 is 2. The van der Waals surface area contributed by atoms with Gasteiger partial charge in [-0.1, -0.05) is 0 Å². The fraction of sp³-hybridized carbons (Fsp3) is 0.364. The van der Waals surface area contributed by atoms with Crippen molar-refractivity contribution in [2.45, 2.75) is 12.5 Å². The van der Waals surface area contributed by atoms with E-state index >= 15 is 0 Å². The highest BCUT2D eigenvalue weighted by atomic mass is 16.5. The van der Waals surface area contributed by atoms with Crippen LogP contribution in [0.2, 0.25) is 0 Å². The van der Waals surface area contributed by atoms with Crippen molar-refractivity contribution in [1.82, 2.24) is 0 Å². The van der Waals surface area contributed by atoms with E-state index in [1.165, 1.54) is 26.4 Å². The van der Waals surface area contributed by atoms with Crippen LogP contribution in [0.5, 0.6) is 17.2 Å². The Morgan fingerprint density at radius 1 is 1.29 bits per heavy atom. The van der Waals surface area contributed by atoms with Crippen molar-refractivity contribution in [2.24, 2.45) is 0 Å². The van der Waals surface area contributed by atoms with E-state index < -0.39 is 18.5 Å². The Labute approximate surface area is 98.0 Å². The average molecular weight is 242 g/mol. The second-order valence-corrected chi connectivity index (χ2v) is 3.39. The van der Waals surface area contributed by atoms with E-state index in [0.717, 1.165) is 0 Å². The highest BCUT2D eigenvalue weighted by Crippen LogP contribution is 2.39. The molecule has 6 nitrogen and oxygen atoms in total. The number of hydrogen-bond donors (Lipinski definition) is 3. The predicted molar refractivity (Wildman–Crippen MR) is 58.4 cm³/mol. The summed E-state index contributed by atoms with van der Waals surface area (Å²) in [4.78, 5) is 10.5. The molecule has 0 heterocycles. The van der Waals surface area contributed by atoms with Gasteiger partial charge >= 0.3 is 5.97 Å². The zero-order valence-electron chi connectivity index (χ0n) is 9.51. The lowest BCUT2D eigenvalue weighted by atomic mass is 10.1. The molecule has 0 radical (unpaired) electrons. The number of phenolic OH excluding ortho intramolecular Hbond substituents is 1. The third-order valence-electron chi connectivity index (χ3n) is 2.25. The van der Waals surface area contributed by atoms with E-state index in [1.807, 2.05) is 0 Å². The number of aliphatic hydroxyl groups is 1. The average Bonchev–Trinajstić information content (AvgIpc) is 2.28. The lowest BCUT2D eigenvalue weighted by Crippen LogP contribution is -2.06. The van der Waals surface area contributed by atoms with Crippen LogP contribution in [0.3, 0.4) is 0 Å². The molecule has 0 aliphatic carbocycles. The summed E-state index contributed by atoms with van der Waals surface area (Å²) < 4.78 is 9.79. The van der Waals surface area contributed by atoms with Crippen molar-refractivity contribution in [3.63, 3.8) is 0 Å². The fourth-order valence-corrected chi connectivity index (χ4v) is 1.39. The Morgan fingerprint density at radius 3 is 2.12 bits per heavy atom. The van der Waals surface area contributed by atoms with E-state index in [4.69, 9.17) is 14.6 Å². The maximum Gasteiger partial charge on any atom is 0.306 e. The fourth-order valence-electron chi connectivity index (χ4n) is 1.39. The van der Waals surface area contributed by atoms with E-state index in [9.17, 15) is 15.0 Å². The van der Waals surface area contributed by atoms with Crippen molar-refractivity contribution in [3.05, 3.63) is 17.7 Å². The number of benzene rings is 1. The van der Waals surface area contributed by atoms with E-state index in [0.29, 0.717) is 5.56 Å². The third-order valence-corrected chi connectivity index (χ3v) is 2.25. The molecule has 0 aliphatic rings. The molecule has 0 saturated heterocycles. The second-order valence-electron chi connectivity index (χ2n) is 3.39. The third kappa shape index (κ3) is 3.01. The van der Waals surface area contributed by atoms with Crippen LogP contribution in [0.4, 0.5) is 0 Å². The highest BCUT2D eigenvalue weighted by Gasteiger charge is 2.18. The molecule has 1 aromatic carbocycles. The first-order chi connectivity index (χ1) is 7.99. The van der Waals surface area contributed by atoms with Gasteiger partial charge in [-0.15, -0.1) is 0 Å². The van der Waals surface area contributed by atoms with Crippen LogP contribution in [0.25, 0.3) is 0 Å². The van der Waals surface area contributed by atoms with E-state index in [1.54, 1.807) is 0 Å². The summed E-state index contributed by atoms with van der Waals surface area (Å²) in [5, 5.41) is 27.9. The molecule has 0 spiro atoms.